The fourth-order valence-electron chi connectivity index (χ4n) is 4.08. The van der Waals surface area contributed by atoms with Crippen LogP contribution in [0.2, 0.25) is 0 Å². The summed E-state index contributed by atoms with van der Waals surface area (Å²) >= 11 is 0. The molecule has 5 rings (SSSR count). The Kier molecular flexibility index (Phi) is 4.10. The first-order chi connectivity index (χ1) is 14.0. The highest BCUT2D eigenvalue weighted by molar-refractivity contribution is 5.47. The summed E-state index contributed by atoms with van der Waals surface area (Å²) in [6.07, 6.45) is 1.54. The number of anilines is 2. The summed E-state index contributed by atoms with van der Waals surface area (Å²) in [5.41, 5.74) is -0.909. The SMILES string of the molecule is FC(F)(F)c1cc(N2CC3CN(c4cc(-n5cccn5)ncn4)CC3C2)ncn1. The average molecular weight is 402 g/mol. The van der Waals surface area contributed by atoms with Gasteiger partial charge < -0.3 is 9.80 Å². The Bertz CT molecular complexity index is 992. The second-order valence-corrected chi connectivity index (χ2v) is 7.27. The first kappa shape index (κ1) is 17.8. The van der Waals surface area contributed by atoms with E-state index in [0.29, 0.717) is 36.6 Å². The van der Waals surface area contributed by atoms with Crippen LogP contribution in [0.25, 0.3) is 5.82 Å². The van der Waals surface area contributed by atoms with E-state index in [1.807, 2.05) is 23.2 Å². The minimum atomic E-state index is -4.47. The van der Waals surface area contributed by atoms with E-state index in [0.717, 1.165) is 31.3 Å². The van der Waals surface area contributed by atoms with Crippen molar-refractivity contribution < 1.29 is 13.2 Å². The second-order valence-electron chi connectivity index (χ2n) is 7.27. The summed E-state index contributed by atoms with van der Waals surface area (Å²) in [6.45, 7) is 2.89. The van der Waals surface area contributed by atoms with Gasteiger partial charge in [0, 0.05) is 62.5 Å². The van der Waals surface area contributed by atoms with Crippen LogP contribution in [0, 0.1) is 11.8 Å². The van der Waals surface area contributed by atoms with Gasteiger partial charge in [-0.05, 0) is 6.07 Å². The Morgan fingerprint density at radius 2 is 1.38 bits per heavy atom. The van der Waals surface area contributed by atoms with E-state index in [4.69, 9.17) is 0 Å². The summed E-state index contributed by atoms with van der Waals surface area (Å²) in [6, 6.07) is 4.75. The maximum atomic E-state index is 12.9. The van der Waals surface area contributed by atoms with Gasteiger partial charge in [0.25, 0.3) is 0 Å². The molecule has 150 valence electrons. The molecule has 3 aromatic heterocycles. The van der Waals surface area contributed by atoms with Crippen LogP contribution >= 0.6 is 0 Å². The Balaban J connectivity index is 1.29. The monoisotopic (exact) mass is 402 g/mol. The third-order valence-corrected chi connectivity index (χ3v) is 5.45. The molecule has 2 aliphatic rings. The van der Waals surface area contributed by atoms with Gasteiger partial charge in [-0.25, -0.2) is 24.6 Å². The van der Waals surface area contributed by atoms with E-state index in [2.05, 4.69) is 29.9 Å². The highest BCUT2D eigenvalue weighted by Crippen LogP contribution is 2.36. The number of fused-ring (bicyclic) bond motifs is 1. The molecule has 2 saturated heterocycles. The lowest BCUT2D eigenvalue weighted by Gasteiger charge is -2.23. The number of alkyl halides is 3. The second kappa shape index (κ2) is 6.68. The van der Waals surface area contributed by atoms with E-state index in [9.17, 15) is 13.2 Å². The van der Waals surface area contributed by atoms with Gasteiger partial charge in [-0.3, -0.25) is 0 Å². The Labute approximate surface area is 164 Å². The van der Waals surface area contributed by atoms with Crippen LogP contribution < -0.4 is 9.80 Å². The number of hydrogen-bond donors (Lipinski definition) is 0. The van der Waals surface area contributed by atoms with Crippen LogP contribution in [0.4, 0.5) is 24.8 Å². The molecule has 3 aromatic rings. The molecule has 0 amide bonds. The van der Waals surface area contributed by atoms with Crippen LogP contribution in [0.1, 0.15) is 5.69 Å². The molecule has 29 heavy (non-hydrogen) atoms. The number of nitrogens with zero attached hydrogens (tertiary/aromatic N) is 8. The number of hydrogen-bond acceptors (Lipinski definition) is 7. The maximum Gasteiger partial charge on any atom is 0.433 e. The predicted molar refractivity (Wildman–Crippen MR) is 97.6 cm³/mol. The minimum Gasteiger partial charge on any atom is -0.356 e. The predicted octanol–water partition coefficient (Wildman–Crippen LogP) is 2.04. The zero-order valence-corrected chi connectivity index (χ0v) is 15.2. The standard InChI is InChI=1S/C18H17F3N8/c19-18(20,21)14-4-15(23-10-22-14)27-6-12-8-28(9-13(12)7-27)16-5-17(25-11-24-16)29-3-1-2-26-29/h1-5,10-13H,6-9H2. The molecule has 2 aliphatic heterocycles. The normalized spacial score (nSPS) is 21.6. The lowest BCUT2D eigenvalue weighted by molar-refractivity contribution is -0.141. The van der Waals surface area contributed by atoms with E-state index in [-0.39, 0.29) is 0 Å². The Morgan fingerprint density at radius 3 is 1.97 bits per heavy atom. The molecule has 0 N–H and O–H groups in total. The number of halogens is 3. The zero-order valence-electron chi connectivity index (χ0n) is 15.2. The molecule has 5 heterocycles. The number of rotatable bonds is 3. The third-order valence-electron chi connectivity index (χ3n) is 5.45. The molecule has 11 heteroatoms. The summed E-state index contributed by atoms with van der Waals surface area (Å²) in [7, 11) is 0. The van der Waals surface area contributed by atoms with E-state index < -0.39 is 11.9 Å². The lowest BCUT2D eigenvalue weighted by Crippen LogP contribution is -2.30. The van der Waals surface area contributed by atoms with Gasteiger partial charge in [-0.15, -0.1) is 0 Å². The molecule has 0 aliphatic carbocycles. The molecule has 0 radical (unpaired) electrons. The van der Waals surface area contributed by atoms with Crippen molar-refractivity contribution in [3.8, 4) is 5.82 Å². The van der Waals surface area contributed by atoms with Gasteiger partial charge in [0.15, 0.2) is 5.82 Å². The van der Waals surface area contributed by atoms with E-state index in [1.165, 1.54) is 6.33 Å². The van der Waals surface area contributed by atoms with Crippen LogP contribution in [0.5, 0.6) is 0 Å². The van der Waals surface area contributed by atoms with Gasteiger partial charge in [-0.1, -0.05) is 0 Å². The molecule has 0 saturated carbocycles. The zero-order chi connectivity index (χ0) is 20.0. The lowest BCUT2D eigenvalue weighted by atomic mass is 10.0. The smallest absolute Gasteiger partial charge is 0.356 e. The van der Waals surface area contributed by atoms with Crippen molar-refractivity contribution in [2.75, 3.05) is 36.0 Å². The van der Waals surface area contributed by atoms with Gasteiger partial charge in [0.2, 0.25) is 0 Å². The van der Waals surface area contributed by atoms with Crippen LogP contribution in [0.15, 0.2) is 43.2 Å². The van der Waals surface area contributed by atoms with Crippen molar-refractivity contribution in [3.05, 3.63) is 48.9 Å². The molecular weight excluding hydrogens is 385 g/mol. The minimum absolute atomic E-state index is 0.330. The summed E-state index contributed by atoms with van der Waals surface area (Å²) in [5, 5.41) is 4.19. The molecule has 8 nitrogen and oxygen atoms in total. The maximum absolute atomic E-state index is 12.9. The molecule has 0 bridgehead atoms. The third kappa shape index (κ3) is 3.36. The van der Waals surface area contributed by atoms with Crippen molar-refractivity contribution >= 4 is 11.6 Å². The van der Waals surface area contributed by atoms with Gasteiger partial charge in [-0.2, -0.15) is 18.3 Å². The fraction of sp³-hybridized carbons (Fsp3) is 0.389. The van der Waals surface area contributed by atoms with Crippen LogP contribution in [-0.4, -0.2) is 55.9 Å². The summed E-state index contributed by atoms with van der Waals surface area (Å²) < 4.78 is 40.5. The van der Waals surface area contributed by atoms with Crippen molar-refractivity contribution in [2.45, 2.75) is 6.18 Å². The molecule has 2 unspecified atom stereocenters. The summed E-state index contributed by atoms with van der Waals surface area (Å²) in [4.78, 5) is 20.1. The van der Waals surface area contributed by atoms with Crippen LogP contribution in [-0.2, 0) is 6.18 Å². The molecule has 2 fully saturated rings. The highest BCUT2D eigenvalue weighted by atomic mass is 19.4. The topological polar surface area (TPSA) is 75.9 Å². The first-order valence-corrected chi connectivity index (χ1v) is 9.18. The average Bonchev–Trinajstić information content (AvgIpc) is 3.44. The highest BCUT2D eigenvalue weighted by Gasteiger charge is 2.41. The van der Waals surface area contributed by atoms with E-state index >= 15 is 0 Å². The van der Waals surface area contributed by atoms with Crippen molar-refractivity contribution in [1.29, 1.82) is 0 Å². The Morgan fingerprint density at radius 1 is 0.793 bits per heavy atom. The van der Waals surface area contributed by atoms with Crippen LogP contribution in [0.3, 0.4) is 0 Å². The van der Waals surface area contributed by atoms with Gasteiger partial charge in [0.05, 0.1) is 0 Å². The molecule has 0 aromatic carbocycles. The summed E-state index contributed by atoms with van der Waals surface area (Å²) in [5.74, 6) is 2.52. The Hall–Kier alpha value is -3.24. The number of aromatic nitrogens is 6. The largest absolute Gasteiger partial charge is 0.433 e. The molecular formula is C18H17F3N8. The fourth-order valence-corrected chi connectivity index (χ4v) is 4.08. The van der Waals surface area contributed by atoms with E-state index in [1.54, 1.807) is 10.9 Å². The van der Waals surface area contributed by atoms with Crippen molar-refractivity contribution in [3.63, 3.8) is 0 Å². The van der Waals surface area contributed by atoms with Crippen molar-refractivity contribution in [1.82, 2.24) is 29.7 Å². The molecule has 2 atom stereocenters. The van der Waals surface area contributed by atoms with Gasteiger partial charge in [0.1, 0.15) is 30.0 Å². The first-order valence-electron chi connectivity index (χ1n) is 9.18. The van der Waals surface area contributed by atoms with Gasteiger partial charge >= 0.3 is 6.18 Å². The molecule has 0 spiro atoms. The van der Waals surface area contributed by atoms with Crippen molar-refractivity contribution in [2.24, 2.45) is 11.8 Å². The quantitative estimate of drug-likeness (QED) is 0.664.